The molecule has 0 radical (unpaired) electrons. The van der Waals surface area contributed by atoms with Crippen LogP contribution in [0.4, 0.5) is 4.39 Å². The Labute approximate surface area is 124 Å². The van der Waals surface area contributed by atoms with Gasteiger partial charge in [-0.25, -0.2) is 12.8 Å². The first-order valence-electron chi connectivity index (χ1n) is 7.09. The van der Waals surface area contributed by atoms with E-state index in [1.807, 2.05) is 0 Å². The molecule has 1 aromatic carbocycles. The van der Waals surface area contributed by atoms with E-state index >= 15 is 0 Å². The lowest BCUT2D eigenvalue weighted by Crippen LogP contribution is -2.37. The fourth-order valence-corrected chi connectivity index (χ4v) is 4.21. The fourth-order valence-electron chi connectivity index (χ4n) is 2.49. The predicted molar refractivity (Wildman–Crippen MR) is 77.7 cm³/mol. The van der Waals surface area contributed by atoms with Gasteiger partial charge in [0.25, 0.3) is 0 Å². The topological polar surface area (TPSA) is 72.6 Å². The second-order valence-corrected chi connectivity index (χ2v) is 6.95. The van der Waals surface area contributed by atoms with Gasteiger partial charge in [-0.05, 0) is 30.5 Å². The lowest BCUT2D eigenvalue weighted by atomic mass is 10.2. The van der Waals surface area contributed by atoms with Gasteiger partial charge in [0.2, 0.25) is 10.0 Å². The first-order valence-corrected chi connectivity index (χ1v) is 8.53. The van der Waals surface area contributed by atoms with Crippen LogP contribution < -0.4 is 5.73 Å². The van der Waals surface area contributed by atoms with E-state index in [0.29, 0.717) is 25.3 Å². The number of hydrogen-bond donors (Lipinski definition) is 1. The summed E-state index contributed by atoms with van der Waals surface area (Å²) in [5.74, 6) is -0.584. The highest BCUT2D eigenvalue weighted by Gasteiger charge is 2.29. The Balaban J connectivity index is 2.32. The highest BCUT2D eigenvalue weighted by atomic mass is 32.2. The molecule has 118 valence electrons. The molecule has 21 heavy (non-hydrogen) atoms. The minimum atomic E-state index is -3.77. The van der Waals surface area contributed by atoms with Gasteiger partial charge in [-0.3, -0.25) is 0 Å². The zero-order valence-corrected chi connectivity index (χ0v) is 12.9. The van der Waals surface area contributed by atoms with E-state index in [1.165, 1.54) is 16.4 Å². The maximum absolute atomic E-state index is 13.4. The van der Waals surface area contributed by atoms with E-state index in [-0.39, 0.29) is 17.5 Å². The van der Waals surface area contributed by atoms with E-state index in [0.717, 1.165) is 18.9 Å². The summed E-state index contributed by atoms with van der Waals surface area (Å²) in [4.78, 5) is -0.0511. The second-order valence-electron chi connectivity index (χ2n) is 5.05. The first-order chi connectivity index (χ1) is 9.98. The number of hydrogen-bond acceptors (Lipinski definition) is 4. The summed E-state index contributed by atoms with van der Waals surface area (Å²) in [6.07, 6.45) is 1.70. The van der Waals surface area contributed by atoms with Crippen molar-refractivity contribution in [2.24, 2.45) is 5.73 Å². The van der Waals surface area contributed by atoms with E-state index in [4.69, 9.17) is 10.5 Å². The van der Waals surface area contributed by atoms with Gasteiger partial charge in [-0.2, -0.15) is 4.31 Å². The van der Waals surface area contributed by atoms with Gasteiger partial charge in [0.1, 0.15) is 5.82 Å². The maximum atomic E-state index is 13.4. The van der Waals surface area contributed by atoms with Crippen molar-refractivity contribution in [1.29, 1.82) is 0 Å². The molecule has 1 unspecified atom stereocenters. The van der Waals surface area contributed by atoms with Gasteiger partial charge in [-0.15, -0.1) is 0 Å². The summed E-state index contributed by atoms with van der Waals surface area (Å²) in [6, 6.07) is 3.68. The average molecular weight is 316 g/mol. The molecule has 2 N–H and O–H groups in total. The van der Waals surface area contributed by atoms with Crippen molar-refractivity contribution in [2.75, 3.05) is 19.7 Å². The molecule has 1 fully saturated rings. The summed E-state index contributed by atoms with van der Waals surface area (Å²) in [7, 11) is -3.77. The number of benzene rings is 1. The zero-order valence-electron chi connectivity index (χ0n) is 12.1. The Bertz CT molecular complexity index is 586. The van der Waals surface area contributed by atoms with E-state index < -0.39 is 15.8 Å². The summed E-state index contributed by atoms with van der Waals surface area (Å²) < 4.78 is 45.7. The molecule has 0 aliphatic carbocycles. The molecule has 1 aliphatic rings. The van der Waals surface area contributed by atoms with Crippen molar-refractivity contribution in [3.8, 4) is 0 Å². The van der Waals surface area contributed by atoms with Crippen molar-refractivity contribution < 1.29 is 17.5 Å². The lowest BCUT2D eigenvalue weighted by Gasteiger charge is -2.24. The third kappa shape index (κ3) is 3.60. The van der Waals surface area contributed by atoms with Gasteiger partial charge >= 0.3 is 0 Å². The van der Waals surface area contributed by atoms with Crippen molar-refractivity contribution >= 4 is 10.0 Å². The van der Waals surface area contributed by atoms with Crippen LogP contribution in [0.2, 0.25) is 0 Å². The summed E-state index contributed by atoms with van der Waals surface area (Å²) in [5, 5.41) is 0. The van der Waals surface area contributed by atoms with E-state index in [2.05, 4.69) is 0 Å². The van der Waals surface area contributed by atoms with Crippen LogP contribution >= 0.6 is 0 Å². The Hall–Kier alpha value is -1.02. The Kier molecular flexibility index (Phi) is 5.32. The first kappa shape index (κ1) is 16.4. The second kappa shape index (κ2) is 6.83. The number of nitrogens with two attached hydrogens (primary N) is 1. The molecule has 0 amide bonds. The molecule has 0 bridgehead atoms. The largest absolute Gasteiger partial charge is 0.377 e. The molecule has 5 nitrogen and oxygen atoms in total. The molecule has 1 saturated heterocycles. The zero-order chi connectivity index (χ0) is 15.5. The van der Waals surface area contributed by atoms with Crippen LogP contribution in [0.5, 0.6) is 0 Å². The smallest absolute Gasteiger partial charge is 0.243 e. The third-order valence-corrected chi connectivity index (χ3v) is 5.67. The number of likely N-dealkylation sites (N-methyl/N-ethyl adjacent to an activating group) is 1. The van der Waals surface area contributed by atoms with Gasteiger partial charge in [-0.1, -0.05) is 13.0 Å². The van der Waals surface area contributed by atoms with Crippen LogP contribution in [0.25, 0.3) is 0 Å². The van der Waals surface area contributed by atoms with Gasteiger partial charge < -0.3 is 10.5 Å². The number of halogens is 1. The SMILES string of the molecule is CCN(CC1CCCO1)S(=O)(=O)c1cc(F)ccc1CN. The normalized spacial score (nSPS) is 19.3. The summed E-state index contributed by atoms with van der Waals surface area (Å²) >= 11 is 0. The molecule has 0 aromatic heterocycles. The van der Waals surface area contributed by atoms with Crippen LogP contribution in [-0.2, 0) is 21.3 Å². The van der Waals surface area contributed by atoms with E-state index in [9.17, 15) is 12.8 Å². The van der Waals surface area contributed by atoms with Crippen LogP contribution in [0.15, 0.2) is 23.1 Å². The summed E-state index contributed by atoms with van der Waals surface area (Å²) in [5.41, 5.74) is 5.99. The van der Waals surface area contributed by atoms with Crippen LogP contribution in [0, 0.1) is 5.82 Å². The highest BCUT2D eigenvalue weighted by Crippen LogP contribution is 2.23. The fraction of sp³-hybridized carbons (Fsp3) is 0.571. The lowest BCUT2D eigenvalue weighted by molar-refractivity contribution is 0.0946. The molecule has 1 atom stereocenters. The molecule has 0 saturated carbocycles. The maximum Gasteiger partial charge on any atom is 0.243 e. The molecule has 2 rings (SSSR count). The minimum absolute atomic E-state index is 0.0479. The molecule has 7 heteroatoms. The quantitative estimate of drug-likeness (QED) is 0.863. The van der Waals surface area contributed by atoms with Crippen molar-refractivity contribution in [2.45, 2.75) is 37.3 Å². The third-order valence-electron chi connectivity index (χ3n) is 3.65. The summed E-state index contributed by atoms with van der Waals surface area (Å²) in [6.45, 7) is 3.07. The van der Waals surface area contributed by atoms with Crippen molar-refractivity contribution in [3.05, 3.63) is 29.6 Å². The van der Waals surface area contributed by atoms with Gasteiger partial charge in [0, 0.05) is 26.2 Å². The Morgan fingerprint density at radius 3 is 2.81 bits per heavy atom. The highest BCUT2D eigenvalue weighted by molar-refractivity contribution is 7.89. The molecule has 1 heterocycles. The van der Waals surface area contributed by atoms with Crippen LogP contribution in [0.1, 0.15) is 25.3 Å². The molecule has 1 aliphatic heterocycles. The Morgan fingerprint density at radius 2 is 2.24 bits per heavy atom. The number of nitrogens with zero attached hydrogens (tertiary/aromatic N) is 1. The number of ether oxygens (including phenoxy) is 1. The van der Waals surface area contributed by atoms with Crippen LogP contribution in [0.3, 0.4) is 0 Å². The molecular weight excluding hydrogens is 295 g/mol. The van der Waals surface area contributed by atoms with Gasteiger partial charge in [0.15, 0.2) is 0 Å². The standard InChI is InChI=1S/C14H21FN2O3S/c1-2-17(10-13-4-3-7-20-13)21(18,19)14-8-12(15)6-5-11(14)9-16/h5-6,8,13H,2-4,7,9-10,16H2,1H3. The molecular formula is C14H21FN2O3S. The number of rotatable bonds is 6. The Morgan fingerprint density at radius 1 is 1.48 bits per heavy atom. The molecule has 1 aromatic rings. The van der Waals surface area contributed by atoms with Gasteiger partial charge in [0.05, 0.1) is 11.0 Å². The molecule has 0 spiro atoms. The number of sulfonamides is 1. The monoisotopic (exact) mass is 316 g/mol. The van der Waals surface area contributed by atoms with E-state index in [1.54, 1.807) is 6.92 Å². The van der Waals surface area contributed by atoms with Crippen molar-refractivity contribution in [3.63, 3.8) is 0 Å². The minimum Gasteiger partial charge on any atom is -0.377 e. The van der Waals surface area contributed by atoms with Crippen LogP contribution in [-0.4, -0.2) is 38.5 Å². The average Bonchev–Trinajstić information content (AvgIpc) is 2.97. The van der Waals surface area contributed by atoms with Crippen molar-refractivity contribution in [1.82, 2.24) is 4.31 Å². The predicted octanol–water partition coefficient (Wildman–Crippen LogP) is 1.47.